The minimum atomic E-state index is -3.61. The zero-order valence-corrected chi connectivity index (χ0v) is 14.0. The van der Waals surface area contributed by atoms with Gasteiger partial charge in [0.15, 0.2) is 9.84 Å². The van der Waals surface area contributed by atoms with E-state index in [0.29, 0.717) is 15.6 Å². The molecule has 7 heteroatoms. The molecule has 0 unspecified atom stereocenters. The molecule has 0 saturated carbocycles. The largest absolute Gasteiger partial charge is 0.398 e. The van der Waals surface area contributed by atoms with Crippen molar-refractivity contribution >= 4 is 54.7 Å². The number of hydrogen-bond donors (Lipinski definition) is 1. The first-order chi connectivity index (χ1) is 9.29. The number of nitrogens with two attached hydrogens (primary N) is 1. The van der Waals surface area contributed by atoms with Crippen molar-refractivity contribution in [2.24, 2.45) is 0 Å². The van der Waals surface area contributed by atoms with E-state index in [4.69, 9.17) is 28.9 Å². The number of sulfone groups is 1. The number of rotatable bonds is 3. The van der Waals surface area contributed by atoms with Crippen molar-refractivity contribution in [3.05, 3.63) is 56.5 Å². The van der Waals surface area contributed by atoms with Crippen molar-refractivity contribution in [2.75, 3.05) is 5.73 Å². The van der Waals surface area contributed by atoms with Crippen molar-refractivity contribution in [3.63, 3.8) is 0 Å². The molecule has 2 aromatic carbocycles. The molecule has 0 aliphatic heterocycles. The Balaban J connectivity index is 2.43. The van der Waals surface area contributed by atoms with E-state index < -0.39 is 9.84 Å². The Morgan fingerprint density at radius 1 is 1.10 bits per heavy atom. The molecule has 0 aliphatic rings. The molecule has 106 valence electrons. The lowest BCUT2D eigenvalue weighted by Gasteiger charge is -2.09. The van der Waals surface area contributed by atoms with E-state index >= 15 is 0 Å². The lowest BCUT2D eigenvalue weighted by atomic mass is 10.2. The van der Waals surface area contributed by atoms with Gasteiger partial charge in [-0.25, -0.2) is 8.42 Å². The van der Waals surface area contributed by atoms with Gasteiger partial charge in [-0.15, -0.1) is 0 Å². The van der Waals surface area contributed by atoms with Crippen LogP contribution in [0.3, 0.4) is 0 Å². The van der Waals surface area contributed by atoms with Gasteiger partial charge in [0.1, 0.15) is 0 Å². The van der Waals surface area contributed by atoms with E-state index in [0.717, 1.165) is 4.47 Å². The number of nitrogen functional groups attached to an aromatic ring is 1. The molecular formula is C13H10BrCl2NO2S. The van der Waals surface area contributed by atoms with Crippen LogP contribution in [0.2, 0.25) is 10.0 Å². The van der Waals surface area contributed by atoms with Crippen molar-refractivity contribution < 1.29 is 8.42 Å². The second-order valence-electron chi connectivity index (χ2n) is 4.18. The van der Waals surface area contributed by atoms with E-state index in [2.05, 4.69) is 15.9 Å². The Kier molecular flexibility index (Phi) is 4.64. The Morgan fingerprint density at radius 2 is 1.80 bits per heavy atom. The molecule has 0 spiro atoms. The summed E-state index contributed by atoms with van der Waals surface area (Å²) in [7, 11) is -3.61. The standard InChI is InChI=1S/C13H10BrCl2NO2S/c14-9-2-1-8(11(16)5-9)7-20(18,19)13-6-10(15)3-4-12(13)17/h1-6H,7,17H2. The van der Waals surface area contributed by atoms with E-state index in [1.165, 1.54) is 12.1 Å². The third-order valence-electron chi connectivity index (χ3n) is 2.67. The molecule has 2 rings (SSSR count). The molecule has 20 heavy (non-hydrogen) atoms. The predicted molar refractivity (Wildman–Crippen MR) is 85.9 cm³/mol. The molecule has 0 fully saturated rings. The Labute approximate surface area is 135 Å². The molecule has 0 amide bonds. The van der Waals surface area contributed by atoms with Crippen LogP contribution in [-0.4, -0.2) is 8.42 Å². The summed E-state index contributed by atoms with van der Waals surface area (Å²) >= 11 is 15.1. The molecule has 0 heterocycles. The van der Waals surface area contributed by atoms with Crippen LogP contribution in [0.5, 0.6) is 0 Å². The summed E-state index contributed by atoms with van der Waals surface area (Å²) in [6.07, 6.45) is 0. The van der Waals surface area contributed by atoms with Crippen molar-refractivity contribution in [3.8, 4) is 0 Å². The summed E-state index contributed by atoms with van der Waals surface area (Å²) in [4.78, 5) is 0.0176. The molecule has 0 aliphatic carbocycles. The molecule has 0 saturated heterocycles. The maximum absolute atomic E-state index is 12.4. The second kappa shape index (κ2) is 5.93. The van der Waals surface area contributed by atoms with Crippen LogP contribution >= 0.6 is 39.1 Å². The van der Waals surface area contributed by atoms with E-state index in [-0.39, 0.29) is 16.3 Å². The summed E-state index contributed by atoms with van der Waals surface area (Å²) in [5.74, 6) is -0.232. The first-order valence-electron chi connectivity index (χ1n) is 5.51. The van der Waals surface area contributed by atoms with Crippen molar-refractivity contribution in [1.82, 2.24) is 0 Å². The zero-order chi connectivity index (χ0) is 14.9. The van der Waals surface area contributed by atoms with Gasteiger partial charge in [-0.3, -0.25) is 0 Å². The van der Waals surface area contributed by atoms with Crippen LogP contribution in [0.15, 0.2) is 45.8 Å². The molecule has 0 atom stereocenters. The Morgan fingerprint density at radius 3 is 2.45 bits per heavy atom. The molecule has 2 aromatic rings. The topological polar surface area (TPSA) is 60.2 Å². The minimum absolute atomic E-state index is 0.0176. The van der Waals surface area contributed by atoms with Crippen LogP contribution < -0.4 is 5.73 Å². The monoisotopic (exact) mass is 393 g/mol. The Hall–Kier alpha value is -0.750. The average Bonchev–Trinajstić information content (AvgIpc) is 2.35. The summed E-state index contributed by atoms with van der Waals surface area (Å²) in [5, 5.41) is 0.697. The summed E-state index contributed by atoms with van der Waals surface area (Å²) < 4.78 is 25.6. The fourth-order valence-electron chi connectivity index (χ4n) is 1.70. The number of benzene rings is 2. The van der Waals surface area contributed by atoms with Gasteiger partial charge >= 0.3 is 0 Å². The molecule has 3 nitrogen and oxygen atoms in total. The maximum Gasteiger partial charge on any atom is 0.184 e. The van der Waals surface area contributed by atoms with Gasteiger partial charge in [-0.05, 0) is 35.9 Å². The van der Waals surface area contributed by atoms with Gasteiger partial charge in [-0.1, -0.05) is 45.2 Å². The van der Waals surface area contributed by atoms with Crippen LogP contribution in [0.1, 0.15) is 5.56 Å². The molecular weight excluding hydrogens is 385 g/mol. The average molecular weight is 395 g/mol. The number of halogens is 3. The molecule has 0 aromatic heterocycles. The quantitative estimate of drug-likeness (QED) is 0.789. The van der Waals surface area contributed by atoms with Gasteiger partial charge in [-0.2, -0.15) is 0 Å². The van der Waals surface area contributed by atoms with Gasteiger partial charge in [0.05, 0.1) is 16.3 Å². The molecule has 2 N–H and O–H groups in total. The van der Waals surface area contributed by atoms with Crippen molar-refractivity contribution in [2.45, 2.75) is 10.6 Å². The highest BCUT2D eigenvalue weighted by atomic mass is 79.9. The highest BCUT2D eigenvalue weighted by Crippen LogP contribution is 2.29. The van der Waals surface area contributed by atoms with E-state index in [1.807, 2.05) is 0 Å². The smallest absolute Gasteiger partial charge is 0.184 e. The minimum Gasteiger partial charge on any atom is -0.398 e. The van der Waals surface area contributed by atoms with E-state index in [1.54, 1.807) is 24.3 Å². The number of anilines is 1. The Bertz CT molecular complexity index is 763. The van der Waals surface area contributed by atoms with Crippen LogP contribution in [0.4, 0.5) is 5.69 Å². The summed E-state index contributed by atoms with van der Waals surface area (Å²) in [6, 6.07) is 9.40. The van der Waals surface area contributed by atoms with Crippen molar-refractivity contribution in [1.29, 1.82) is 0 Å². The van der Waals surface area contributed by atoms with Crippen LogP contribution in [-0.2, 0) is 15.6 Å². The highest BCUT2D eigenvalue weighted by molar-refractivity contribution is 9.10. The second-order valence-corrected chi connectivity index (χ2v) is 7.89. The summed E-state index contributed by atoms with van der Waals surface area (Å²) in [6.45, 7) is 0. The lowest BCUT2D eigenvalue weighted by molar-refractivity contribution is 0.595. The van der Waals surface area contributed by atoms with Gasteiger partial charge in [0, 0.05) is 14.5 Å². The predicted octanol–water partition coefficient (Wildman–Crippen LogP) is 4.31. The molecule has 0 radical (unpaired) electrons. The SMILES string of the molecule is Nc1ccc(Cl)cc1S(=O)(=O)Cc1ccc(Br)cc1Cl. The normalized spacial score (nSPS) is 11.6. The molecule has 0 bridgehead atoms. The van der Waals surface area contributed by atoms with Crippen LogP contribution in [0.25, 0.3) is 0 Å². The third kappa shape index (κ3) is 3.47. The fourth-order valence-corrected chi connectivity index (χ4v) is 4.31. The lowest BCUT2D eigenvalue weighted by Crippen LogP contribution is -2.08. The zero-order valence-electron chi connectivity index (χ0n) is 10.1. The summed E-state index contributed by atoms with van der Waals surface area (Å²) in [5.41, 5.74) is 6.39. The fraction of sp³-hybridized carbons (Fsp3) is 0.0769. The first-order valence-corrected chi connectivity index (χ1v) is 8.71. The number of hydrogen-bond acceptors (Lipinski definition) is 3. The van der Waals surface area contributed by atoms with E-state index in [9.17, 15) is 8.42 Å². The first kappa shape index (κ1) is 15.6. The van der Waals surface area contributed by atoms with Gasteiger partial charge in [0.2, 0.25) is 0 Å². The van der Waals surface area contributed by atoms with Crippen LogP contribution in [0, 0.1) is 0 Å². The maximum atomic E-state index is 12.4. The van der Waals surface area contributed by atoms with Gasteiger partial charge in [0.25, 0.3) is 0 Å². The third-order valence-corrected chi connectivity index (χ3v) is 5.47. The highest BCUT2D eigenvalue weighted by Gasteiger charge is 2.20. The van der Waals surface area contributed by atoms with Gasteiger partial charge < -0.3 is 5.73 Å².